The number of ether oxygens (including phenoxy) is 2. The van der Waals surface area contributed by atoms with Crippen molar-refractivity contribution in [2.24, 2.45) is 5.92 Å². The van der Waals surface area contributed by atoms with Gasteiger partial charge < -0.3 is 19.7 Å². The van der Waals surface area contributed by atoms with Crippen LogP contribution in [-0.2, 0) is 4.74 Å². The Morgan fingerprint density at radius 3 is 2.92 bits per heavy atom. The maximum Gasteiger partial charge on any atom is 0.407 e. The number of piperidine rings is 1. The average molecular weight is 683 g/mol. The highest BCUT2D eigenvalue weighted by atomic mass is 35.5. The fraction of sp³-hybridized carbons (Fsp3) is 0.545. The topological polar surface area (TPSA) is 121 Å². The second-order valence-corrected chi connectivity index (χ2v) is 14.4. The highest BCUT2D eigenvalue weighted by Gasteiger charge is 2.49. The first-order valence-electron chi connectivity index (χ1n) is 16.6. The van der Waals surface area contributed by atoms with Gasteiger partial charge in [-0.15, -0.1) is 0 Å². The average Bonchev–Trinajstić information content (AvgIpc) is 3.31. The first-order chi connectivity index (χ1) is 23.3. The molecule has 1 amide bonds. The molecule has 0 unspecified atom stereocenters. The molecule has 0 spiro atoms. The summed E-state index contributed by atoms with van der Waals surface area (Å²) < 4.78 is 58.7. The van der Waals surface area contributed by atoms with Crippen LogP contribution < -0.4 is 15.0 Å². The molecular weight excluding hydrogens is 649 g/mol. The SMILES string of the molecule is O=C1N[C@@H]2C[C@H](F)CN(C2)c2nc(OC[C@@]34CCCN3C[C@H](F)C4)nc3c(F)c(ncc23)-c2c(c(Cl)cc3[nH]ncc23)[C@H]2C[C@H]2CCO1. The molecule has 6 aliphatic rings. The van der Waals surface area contributed by atoms with Gasteiger partial charge in [0.15, 0.2) is 5.82 Å². The number of carbonyl (C=O) groups excluding carboxylic acids is 1. The van der Waals surface area contributed by atoms with Crippen LogP contribution in [-0.4, -0.2) is 99.5 Å². The lowest BCUT2D eigenvalue weighted by Gasteiger charge is -2.36. The fourth-order valence-electron chi connectivity index (χ4n) is 8.59. The number of H-pyrrole nitrogens is 1. The van der Waals surface area contributed by atoms with Crippen LogP contribution in [0.5, 0.6) is 6.01 Å². The van der Waals surface area contributed by atoms with E-state index in [0.29, 0.717) is 40.9 Å². The Hall–Kier alpha value is -3.91. The van der Waals surface area contributed by atoms with Gasteiger partial charge >= 0.3 is 12.1 Å². The molecule has 10 rings (SSSR count). The van der Waals surface area contributed by atoms with Crippen molar-refractivity contribution >= 4 is 45.3 Å². The quantitative estimate of drug-likeness (QED) is 0.290. The van der Waals surface area contributed by atoms with Gasteiger partial charge in [0.1, 0.15) is 36.0 Å². The maximum atomic E-state index is 17.1. The number of amides is 1. The summed E-state index contributed by atoms with van der Waals surface area (Å²) >= 11 is 6.89. The zero-order valence-corrected chi connectivity index (χ0v) is 26.8. The molecule has 1 saturated carbocycles. The number of rotatable bonds is 3. The number of nitrogens with one attached hydrogen (secondary N) is 2. The van der Waals surface area contributed by atoms with Gasteiger partial charge in [-0.3, -0.25) is 15.0 Å². The molecule has 48 heavy (non-hydrogen) atoms. The van der Waals surface area contributed by atoms with E-state index in [-0.39, 0.29) is 73.0 Å². The smallest absolute Gasteiger partial charge is 0.407 e. The van der Waals surface area contributed by atoms with E-state index in [4.69, 9.17) is 21.1 Å². The molecule has 1 aliphatic carbocycles. The van der Waals surface area contributed by atoms with Crippen molar-refractivity contribution in [3.63, 3.8) is 0 Å². The van der Waals surface area contributed by atoms with Crippen molar-refractivity contribution in [2.75, 3.05) is 44.3 Å². The molecule has 5 aliphatic heterocycles. The lowest BCUT2D eigenvalue weighted by Crippen LogP contribution is -2.52. The standard InChI is InChI=1S/C33H34ClF3N8O3/c34-23-8-24-21(11-39-43-24)26-25(23)20-6-16(20)2-5-47-32(46)40-19-7-17(35)12-44(14-19)30-22-10-38-29(26)27(37)28(22)41-31(42-30)48-15-33-3-1-4-45(33)13-18(36)9-33/h8,10-11,16-20H,1-7,9,12-15H2,(H,39,43)(H,40,46)/t16-,17+,18-,19-,20+,33+/m1/s1. The molecule has 3 saturated heterocycles. The minimum absolute atomic E-state index is 0.0112. The number of hydrogen-bond acceptors (Lipinski definition) is 9. The third-order valence-electron chi connectivity index (χ3n) is 10.9. The Kier molecular flexibility index (Phi) is 7.12. The van der Waals surface area contributed by atoms with E-state index in [1.807, 2.05) is 0 Å². The van der Waals surface area contributed by atoms with Crippen molar-refractivity contribution in [1.82, 2.24) is 35.4 Å². The summed E-state index contributed by atoms with van der Waals surface area (Å²) in [4.78, 5) is 30.5. The van der Waals surface area contributed by atoms with Crippen molar-refractivity contribution < 1.29 is 27.4 Å². The normalized spacial score (nSPS) is 30.2. The van der Waals surface area contributed by atoms with Crippen LogP contribution in [0.4, 0.5) is 23.8 Å². The van der Waals surface area contributed by atoms with Crippen molar-refractivity contribution in [2.45, 2.75) is 68.4 Å². The van der Waals surface area contributed by atoms with Gasteiger partial charge in [0.05, 0.1) is 41.8 Å². The highest BCUT2D eigenvalue weighted by molar-refractivity contribution is 6.33. The number of fused-ring (bicyclic) bond motifs is 7. The molecule has 11 nitrogen and oxygen atoms in total. The third kappa shape index (κ3) is 5.01. The Morgan fingerprint density at radius 2 is 2.02 bits per heavy atom. The number of aromatic nitrogens is 5. The number of halogens is 4. The minimum Gasteiger partial charge on any atom is -0.461 e. The molecule has 4 fully saturated rings. The molecule has 252 valence electrons. The summed E-state index contributed by atoms with van der Waals surface area (Å²) in [7, 11) is 0. The lowest BCUT2D eigenvalue weighted by molar-refractivity contribution is 0.107. The summed E-state index contributed by atoms with van der Waals surface area (Å²) in [6.45, 7) is 1.61. The summed E-state index contributed by atoms with van der Waals surface area (Å²) in [5, 5.41) is 11.3. The van der Waals surface area contributed by atoms with Crippen LogP contribution in [0, 0.1) is 11.7 Å². The molecule has 8 heterocycles. The van der Waals surface area contributed by atoms with Gasteiger partial charge in [-0.25, -0.2) is 18.0 Å². The van der Waals surface area contributed by atoms with Crippen LogP contribution in [0.25, 0.3) is 33.1 Å². The Bertz CT molecular complexity index is 1950. The summed E-state index contributed by atoms with van der Waals surface area (Å²) in [5.74, 6) is -0.318. The van der Waals surface area contributed by atoms with E-state index < -0.39 is 35.8 Å². The zero-order valence-electron chi connectivity index (χ0n) is 26.0. The van der Waals surface area contributed by atoms with E-state index in [0.717, 1.165) is 31.4 Å². The molecule has 6 bridgehead atoms. The number of benzene rings is 1. The maximum absolute atomic E-state index is 17.1. The van der Waals surface area contributed by atoms with Gasteiger partial charge in [0, 0.05) is 48.1 Å². The van der Waals surface area contributed by atoms with Gasteiger partial charge in [0.25, 0.3) is 0 Å². The lowest BCUT2D eigenvalue weighted by atomic mass is 9.94. The number of carbonyl (C=O) groups is 1. The van der Waals surface area contributed by atoms with E-state index in [1.54, 1.807) is 17.2 Å². The summed E-state index contributed by atoms with van der Waals surface area (Å²) in [6, 6.07) is 1.11. The number of aromatic amines is 1. The number of alkyl carbamates (subject to hydrolysis) is 1. The van der Waals surface area contributed by atoms with Gasteiger partial charge in [-0.1, -0.05) is 11.6 Å². The fourth-order valence-corrected chi connectivity index (χ4v) is 8.93. The number of nitrogens with zero attached hydrogens (tertiary/aromatic N) is 6. The van der Waals surface area contributed by atoms with Gasteiger partial charge in [-0.2, -0.15) is 15.1 Å². The molecule has 1 aromatic carbocycles. The second kappa shape index (κ2) is 11.3. The molecule has 3 aromatic heterocycles. The van der Waals surface area contributed by atoms with Gasteiger partial charge in [-0.05, 0) is 55.7 Å². The first-order valence-corrected chi connectivity index (χ1v) is 17.0. The zero-order chi connectivity index (χ0) is 32.7. The molecular formula is C33H34ClF3N8O3. The number of pyridine rings is 1. The molecule has 0 radical (unpaired) electrons. The van der Waals surface area contributed by atoms with E-state index in [1.165, 1.54) is 6.20 Å². The number of alkyl halides is 2. The predicted molar refractivity (Wildman–Crippen MR) is 171 cm³/mol. The van der Waals surface area contributed by atoms with Crippen molar-refractivity contribution in [1.29, 1.82) is 0 Å². The van der Waals surface area contributed by atoms with Crippen LogP contribution in [0.2, 0.25) is 5.02 Å². The largest absolute Gasteiger partial charge is 0.461 e. The van der Waals surface area contributed by atoms with Crippen molar-refractivity contribution in [3.8, 4) is 17.3 Å². The first kappa shape index (κ1) is 30.2. The third-order valence-corrected chi connectivity index (χ3v) is 11.2. The Balaban J connectivity index is 1.22. The van der Waals surface area contributed by atoms with Crippen molar-refractivity contribution in [3.05, 3.63) is 34.9 Å². The van der Waals surface area contributed by atoms with E-state index in [9.17, 15) is 9.18 Å². The minimum atomic E-state index is -1.31. The van der Waals surface area contributed by atoms with E-state index in [2.05, 4.69) is 35.4 Å². The van der Waals surface area contributed by atoms with Gasteiger partial charge in [0.2, 0.25) is 0 Å². The molecule has 15 heteroatoms. The number of anilines is 1. The summed E-state index contributed by atoms with van der Waals surface area (Å²) in [5.41, 5.74) is 1.43. The predicted octanol–water partition coefficient (Wildman–Crippen LogP) is 5.47. The summed E-state index contributed by atoms with van der Waals surface area (Å²) in [6.07, 6.45) is 3.76. The second-order valence-electron chi connectivity index (χ2n) is 14.0. The van der Waals surface area contributed by atoms with Crippen LogP contribution >= 0.6 is 11.6 Å². The highest BCUT2D eigenvalue weighted by Crippen LogP contribution is 2.56. The van der Waals surface area contributed by atoms with E-state index >= 15 is 8.78 Å². The van der Waals surface area contributed by atoms with Crippen LogP contribution in [0.15, 0.2) is 18.5 Å². The Morgan fingerprint density at radius 1 is 1.12 bits per heavy atom. The monoisotopic (exact) mass is 682 g/mol. The molecule has 4 aromatic rings. The molecule has 2 N–H and O–H groups in total. The van der Waals surface area contributed by atoms with Crippen LogP contribution in [0.3, 0.4) is 0 Å². The molecule has 6 atom stereocenters. The number of hydrogen-bond donors (Lipinski definition) is 2. The Labute approximate surface area is 278 Å². The van der Waals surface area contributed by atoms with Crippen LogP contribution in [0.1, 0.15) is 50.0 Å².